The molecule has 0 radical (unpaired) electrons. The van der Waals surface area contributed by atoms with Crippen LogP contribution in [0.5, 0.6) is 0 Å². The van der Waals surface area contributed by atoms with Crippen LogP contribution >= 0.6 is 11.6 Å². The fraction of sp³-hybridized carbons (Fsp3) is 0.562. The van der Waals surface area contributed by atoms with E-state index in [1.807, 2.05) is 12.1 Å². The van der Waals surface area contributed by atoms with Crippen LogP contribution in [0, 0.1) is 5.92 Å². The number of ether oxygens (including phenoxy) is 1. The Balaban J connectivity index is 2.03. The standard InChI is InChI=1S/C16H22ClNO2/c1-18(2)11-12-7-3-6-10-15(12)20-16(19)13-8-4-5-9-14(13)17/h4-5,8-9,12,15H,3,6-7,10-11H2,1-2H3/p+1/t12-,15-/m1/s1. The predicted octanol–water partition coefficient (Wildman–Crippen LogP) is 2.20. The van der Waals surface area contributed by atoms with Gasteiger partial charge in [-0.3, -0.25) is 0 Å². The quantitative estimate of drug-likeness (QED) is 0.864. The minimum atomic E-state index is -0.291. The Kier molecular flexibility index (Phi) is 5.44. The molecule has 1 aliphatic rings. The Morgan fingerprint density at radius 3 is 2.70 bits per heavy atom. The SMILES string of the molecule is C[NH+](C)C[C@H]1CCCC[C@H]1OC(=O)c1ccccc1Cl. The highest BCUT2D eigenvalue weighted by Gasteiger charge is 2.30. The average molecular weight is 297 g/mol. The maximum absolute atomic E-state index is 12.3. The van der Waals surface area contributed by atoms with Crippen molar-refractivity contribution in [3.63, 3.8) is 0 Å². The summed E-state index contributed by atoms with van der Waals surface area (Å²) >= 11 is 6.05. The molecule has 1 aromatic carbocycles. The van der Waals surface area contributed by atoms with Crippen LogP contribution in [0.15, 0.2) is 24.3 Å². The van der Waals surface area contributed by atoms with Crippen LogP contribution in [0.3, 0.4) is 0 Å². The van der Waals surface area contributed by atoms with Crippen molar-refractivity contribution in [3.8, 4) is 0 Å². The summed E-state index contributed by atoms with van der Waals surface area (Å²) in [7, 11) is 4.28. The molecule has 0 aromatic heterocycles. The topological polar surface area (TPSA) is 30.7 Å². The van der Waals surface area contributed by atoms with Gasteiger partial charge in [0, 0.05) is 5.92 Å². The zero-order chi connectivity index (χ0) is 14.5. The van der Waals surface area contributed by atoms with E-state index in [0.29, 0.717) is 16.5 Å². The summed E-state index contributed by atoms with van der Waals surface area (Å²) in [6.07, 6.45) is 4.51. The van der Waals surface area contributed by atoms with Crippen molar-refractivity contribution in [1.29, 1.82) is 0 Å². The number of hydrogen-bond donors (Lipinski definition) is 1. The summed E-state index contributed by atoms with van der Waals surface area (Å²) < 4.78 is 5.74. The molecule has 20 heavy (non-hydrogen) atoms. The molecule has 1 saturated carbocycles. The van der Waals surface area contributed by atoms with E-state index in [1.165, 1.54) is 11.3 Å². The lowest BCUT2D eigenvalue weighted by Gasteiger charge is -2.31. The zero-order valence-corrected chi connectivity index (χ0v) is 13.0. The normalized spacial score (nSPS) is 22.8. The minimum Gasteiger partial charge on any atom is -0.458 e. The van der Waals surface area contributed by atoms with Gasteiger partial charge in [0.15, 0.2) is 0 Å². The molecule has 1 fully saturated rings. The van der Waals surface area contributed by atoms with Gasteiger partial charge in [-0.1, -0.05) is 30.2 Å². The minimum absolute atomic E-state index is 0.0300. The second kappa shape index (κ2) is 7.09. The molecule has 0 heterocycles. The Labute approximate surface area is 125 Å². The lowest BCUT2D eigenvalue weighted by Crippen LogP contribution is -3.06. The fourth-order valence-electron chi connectivity index (χ4n) is 2.91. The summed E-state index contributed by atoms with van der Waals surface area (Å²) in [6, 6.07) is 7.07. The van der Waals surface area contributed by atoms with Gasteiger partial charge in [-0.25, -0.2) is 4.79 Å². The van der Waals surface area contributed by atoms with Crippen molar-refractivity contribution >= 4 is 17.6 Å². The molecule has 4 heteroatoms. The fourth-order valence-corrected chi connectivity index (χ4v) is 3.13. The number of benzene rings is 1. The number of carbonyl (C=O) groups excluding carboxylic acids is 1. The number of esters is 1. The summed E-state index contributed by atoms with van der Waals surface area (Å²) in [5, 5.41) is 0.461. The Bertz CT molecular complexity index is 462. The van der Waals surface area contributed by atoms with Crippen molar-refractivity contribution in [2.75, 3.05) is 20.6 Å². The molecule has 0 unspecified atom stereocenters. The molecule has 0 amide bonds. The maximum Gasteiger partial charge on any atom is 0.339 e. The van der Waals surface area contributed by atoms with Crippen LogP contribution in [0.4, 0.5) is 0 Å². The van der Waals surface area contributed by atoms with Gasteiger partial charge in [0.2, 0.25) is 0 Å². The lowest BCUT2D eigenvalue weighted by molar-refractivity contribution is -0.862. The molecule has 3 nitrogen and oxygen atoms in total. The molecule has 0 bridgehead atoms. The number of quaternary nitrogens is 1. The van der Waals surface area contributed by atoms with Crippen molar-refractivity contribution < 1.29 is 14.4 Å². The highest BCUT2D eigenvalue weighted by Crippen LogP contribution is 2.27. The van der Waals surface area contributed by atoms with Gasteiger partial charge in [0.25, 0.3) is 0 Å². The van der Waals surface area contributed by atoms with E-state index >= 15 is 0 Å². The van der Waals surface area contributed by atoms with Crippen molar-refractivity contribution in [2.45, 2.75) is 31.8 Å². The van der Waals surface area contributed by atoms with Gasteiger partial charge < -0.3 is 9.64 Å². The number of carbonyl (C=O) groups is 1. The number of nitrogens with one attached hydrogen (secondary N) is 1. The molecule has 0 aliphatic heterocycles. The van der Waals surface area contributed by atoms with Gasteiger partial charge in [0.1, 0.15) is 6.10 Å². The van der Waals surface area contributed by atoms with Crippen LogP contribution in [0.25, 0.3) is 0 Å². The smallest absolute Gasteiger partial charge is 0.339 e. The van der Waals surface area contributed by atoms with Gasteiger partial charge in [0.05, 0.1) is 31.2 Å². The van der Waals surface area contributed by atoms with Crippen molar-refractivity contribution in [1.82, 2.24) is 0 Å². The predicted molar refractivity (Wildman–Crippen MR) is 80.3 cm³/mol. The van der Waals surface area contributed by atoms with Crippen molar-refractivity contribution in [3.05, 3.63) is 34.9 Å². The van der Waals surface area contributed by atoms with Gasteiger partial charge in [-0.05, 0) is 31.4 Å². The zero-order valence-electron chi connectivity index (χ0n) is 12.2. The first kappa shape index (κ1) is 15.3. The largest absolute Gasteiger partial charge is 0.458 e. The maximum atomic E-state index is 12.3. The molecule has 110 valence electrons. The van der Waals surface area contributed by atoms with E-state index in [0.717, 1.165) is 25.8 Å². The first-order valence-corrected chi connectivity index (χ1v) is 7.70. The first-order valence-electron chi connectivity index (χ1n) is 7.32. The monoisotopic (exact) mass is 296 g/mol. The molecule has 1 N–H and O–H groups in total. The van der Waals surface area contributed by atoms with Crippen molar-refractivity contribution in [2.24, 2.45) is 5.92 Å². The van der Waals surface area contributed by atoms with Gasteiger partial charge in [-0.15, -0.1) is 0 Å². The van der Waals surface area contributed by atoms with E-state index in [2.05, 4.69) is 14.1 Å². The molecule has 1 aliphatic carbocycles. The van der Waals surface area contributed by atoms with E-state index in [-0.39, 0.29) is 12.1 Å². The number of hydrogen-bond acceptors (Lipinski definition) is 2. The summed E-state index contributed by atoms with van der Waals surface area (Å²) in [6.45, 7) is 1.04. The van der Waals surface area contributed by atoms with Gasteiger partial charge in [-0.2, -0.15) is 0 Å². The Morgan fingerprint density at radius 1 is 1.30 bits per heavy atom. The molecular weight excluding hydrogens is 274 g/mol. The number of halogens is 1. The first-order chi connectivity index (χ1) is 9.58. The molecular formula is C16H23ClNO2+. The Hall–Kier alpha value is -1.06. The molecule has 0 spiro atoms. The van der Waals surface area contributed by atoms with E-state index in [9.17, 15) is 4.79 Å². The lowest BCUT2D eigenvalue weighted by atomic mass is 9.86. The third-order valence-electron chi connectivity index (χ3n) is 3.86. The molecule has 1 aromatic rings. The third-order valence-corrected chi connectivity index (χ3v) is 4.19. The van der Waals surface area contributed by atoms with Crippen LogP contribution in [0.1, 0.15) is 36.0 Å². The second-order valence-corrected chi connectivity index (χ2v) is 6.29. The van der Waals surface area contributed by atoms with Crippen LogP contribution in [-0.2, 0) is 4.74 Å². The number of rotatable bonds is 4. The second-order valence-electron chi connectivity index (χ2n) is 5.88. The van der Waals surface area contributed by atoms with Crippen LogP contribution in [-0.4, -0.2) is 32.7 Å². The Morgan fingerprint density at radius 2 is 2.00 bits per heavy atom. The third kappa shape index (κ3) is 3.97. The van der Waals surface area contributed by atoms with E-state index in [1.54, 1.807) is 12.1 Å². The summed E-state index contributed by atoms with van der Waals surface area (Å²) in [5.74, 6) is 0.168. The van der Waals surface area contributed by atoms with E-state index in [4.69, 9.17) is 16.3 Å². The van der Waals surface area contributed by atoms with Crippen LogP contribution in [0.2, 0.25) is 5.02 Å². The highest BCUT2D eigenvalue weighted by atomic mass is 35.5. The summed E-state index contributed by atoms with van der Waals surface area (Å²) in [4.78, 5) is 13.7. The van der Waals surface area contributed by atoms with Gasteiger partial charge >= 0.3 is 5.97 Å². The van der Waals surface area contributed by atoms with Crippen LogP contribution < -0.4 is 4.90 Å². The summed E-state index contributed by atoms with van der Waals surface area (Å²) in [5.41, 5.74) is 0.468. The highest BCUT2D eigenvalue weighted by molar-refractivity contribution is 6.33. The molecule has 2 rings (SSSR count). The molecule has 0 saturated heterocycles. The molecule has 2 atom stereocenters. The van der Waals surface area contributed by atoms with E-state index < -0.39 is 0 Å². The average Bonchev–Trinajstić information content (AvgIpc) is 2.41.